The van der Waals surface area contributed by atoms with Crippen molar-refractivity contribution in [3.8, 4) is 0 Å². The van der Waals surface area contributed by atoms with Crippen LogP contribution in [-0.4, -0.2) is 14.7 Å². The van der Waals surface area contributed by atoms with Gasteiger partial charge in [-0.3, -0.25) is 14.8 Å². The van der Waals surface area contributed by atoms with E-state index in [1.54, 1.807) is 22.9 Å². The Hall–Kier alpha value is -2.37. The van der Waals surface area contributed by atoms with Gasteiger partial charge in [0.15, 0.2) is 0 Å². The molecule has 2 rings (SSSR count). The average molecular weight is 260 g/mol. The minimum Gasteiger partial charge on any atom is -0.378 e. The monoisotopic (exact) mass is 260 g/mol. The Labute approximate surface area is 111 Å². The molecule has 0 aliphatic heterocycles. The summed E-state index contributed by atoms with van der Waals surface area (Å²) < 4.78 is 1.79. The van der Waals surface area contributed by atoms with E-state index in [2.05, 4.69) is 10.4 Å². The van der Waals surface area contributed by atoms with Gasteiger partial charge in [-0.15, -0.1) is 0 Å². The Morgan fingerprint density at radius 2 is 2.05 bits per heavy atom. The van der Waals surface area contributed by atoms with Crippen LogP contribution in [0.4, 0.5) is 11.4 Å². The molecule has 1 aromatic carbocycles. The Kier molecular flexibility index (Phi) is 3.50. The summed E-state index contributed by atoms with van der Waals surface area (Å²) in [7, 11) is 1.87. The number of nitro benzene ring substituents is 1. The molecule has 1 N–H and O–H groups in total. The fourth-order valence-electron chi connectivity index (χ4n) is 2.05. The Balaban J connectivity index is 2.22. The molecule has 0 amide bonds. The fourth-order valence-corrected chi connectivity index (χ4v) is 2.05. The molecule has 0 atom stereocenters. The van der Waals surface area contributed by atoms with Crippen LogP contribution >= 0.6 is 0 Å². The number of hydrogen-bond donors (Lipinski definition) is 1. The number of rotatable bonds is 4. The molecule has 0 aliphatic carbocycles. The van der Waals surface area contributed by atoms with Crippen molar-refractivity contribution in [2.24, 2.45) is 7.05 Å². The van der Waals surface area contributed by atoms with Crippen LogP contribution in [-0.2, 0) is 13.6 Å². The Morgan fingerprint density at radius 3 is 2.63 bits per heavy atom. The first-order chi connectivity index (χ1) is 9.00. The molecule has 0 saturated heterocycles. The molecule has 100 valence electrons. The van der Waals surface area contributed by atoms with Crippen molar-refractivity contribution in [3.63, 3.8) is 0 Å². The van der Waals surface area contributed by atoms with E-state index in [0.29, 0.717) is 12.1 Å². The smallest absolute Gasteiger partial charge is 0.274 e. The third-order valence-electron chi connectivity index (χ3n) is 3.15. The van der Waals surface area contributed by atoms with Crippen molar-refractivity contribution in [1.29, 1.82) is 0 Å². The van der Waals surface area contributed by atoms with Crippen molar-refractivity contribution >= 4 is 11.4 Å². The summed E-state index contributed by atoms with van der Waals surface area (Å²) in [5.74, 6) is 0. The number of nitro groups is 1. The van der Waals surface area contributed by atoms with Gasteiger partial charge in [-0.25, -0.2) is 0 Å². The van der Waals surface area contributed by atoms with Crippen LogP contribution in [0.3, 0.4) is 0 Å². The second-order valence-corrected chi connectivity index (χ2v) is 4.41. The number of benzene rings is 1. The highest BCUT2D eigenvalue weighted by Gasteiger charge is 2.14. The van der Waals surface area contributed by atoms with Crippen LogP contribution in [0.2, 0.25) is 0 Å². The quantitative estimate of drug-likeness (QED) is 0.677. The highest BCUT2D eigenvalue weighted by Crippen LogP contribution is 2.22. The first-order valence-electron chi connectivity index (χ1n) is 5.97. The summed E-state index contributed by atoms with van der Waals surface area (Å²) in [5, 5.41) is 18.5. The predicted octanol–water partition coefficient (Wildman–Crippen LogP) is 2.56. The lowest BCUT2D eigenvalue weighted by Gasteiger charge is -2.07. The van der Waals surface area contributed by atoms with E-state index < -0.39 is 0 Å². The standard InChI is InChI=1S/C13H16N4O2/c1-9-13(10(2)16(3)15-9)14-8-11-6-4-5-7-12(11)17(18)19/h4-7,14H,8H2,1-3H3. The largest absolute Gasteiger partial charge is 0.378 e. The molecule has 2 aromatic rings. The number of aryl methyl sites for hydroxylation is 2. The van der Waals surface area contributed by atoms with Gasteiger partial charge < -0.3 is 5.32 Å². The molecule has 6 heteroatoms. The van der Waals surface area contributed by atoms with Gasteiger partial charge in [0.1, 0.15) is 0 Å². The molecule has 19 heavy (non-hydrogen) atoms. The van der Waals surface area contributed by atoms with Crippen molar-refractivity contribution in [2.75, 3.05) is 5.32 Å². The molecule has 0 aliphatic rings. The molecular formula is C13H16N4O2. The predicted molar refractivity (Wildman–Crippen MR) is 73.1 cm³/mol. The summed E-state index contributed by atoms with van der Waals surface area (Å²) in [6.07, 6.45) is 0. The van der Waals surface area contributed by atoms with Crippen LogP contribution in [0, 0.1) is 24.0 Å². The van der Waals surface area contributed by atoms with Crippen molar-refractivity contribution in [3.05, 3.63) is 51.3 Å². The summed E-state index contributed by atoms with van der Waals surface area (Å²) in [5.41, 5.74) is 3.62. The van der Waals surface area contributed by atoms with Crippen LogP contribution in [0.5, 0.6) is 0 Å². The minimum absolute atomic E-state index is 0.134. The summed E-state index contributed by atoms with van der Waals surface area (Å²) in [6, 6.07) is 6.74. The van der Waals surface area contributed by atoms with Crippen LogP contribution in [0.1, 0.15) is 17.0 Å². The molecule has 0 unspecified atom stereocenters. The normalized spacial score (nSPS) is 10.5. The van der Waals surface area contributed by atoms with Gasteiger partial charge in [0.05, 0.1) is 22.0 Å². The lowest BCUT2D eigenvalue weighted by atomic mass is 10.1. The van der Waals surface area contributed by atoms with Crippen molar-refractivity contribution in [1.82, 2.24) is 9.78 Å². The second kappa shape index (κ2) is 5.09. The highest BCUT2D eigenvalue weighted by molar-refractivity contribution is 5.53. The van der Waals surface area contributed by atoms with E-state index in [-0.39, 0.29) is 10.6 Å². The van der Waals surface area contributed by atoms with E-state index in [1.165, 1.54) is 6.07 Å². The van der Waals surface area contributed by atoms with Gasteiger partial charge in [0.2, 0.25) is 0 Å². The molecule has 6 nitrogen and oxygen atoms in total. The van der Waals surface area contributed by atoms with Gasteiger partial charge in [-0.05, 0) is 13.8 Å². The molecular weight excluding hydrogens is 244 g/mol. The maximum absolute atomic E-state index is 10.9. The molecule has 1 heterocycles. The van der Waals surface area contributed by atoms with Gasteiger partial charge in [-0.2, -0.15) is 5.10 Å². The number of nitrogens with one attached hydrogen (secondary N) is 1. The maximum atomic E-state index is 10.9. The van der Waals surface area contributed by atoms with Gasteiger partial charge in [0, 0.05) is 25.2 Å². The topological polar surface area (TPSA) is 73.0 Å². The van der Waals surface area contributed by atoms with E-state index in [1.807, 2.05) is 20.9 Å². The van der Waals surface area contributed by atoms with Gasteiger partial charge in [0.25, 0.3) is 5.69 Å². The van der Waals surface area contributed by atoms with Crippen molar-refractivity contribution < 1.29 is 4.92 Å². The Bertz CT molecular complexity index is 619. The van der Waals surface area contributed by atoms with Crippen LogP contribution < -0.4 is 5.32 Å². The fraction of sp³-hybridized carbons (Fsp3) is 0.308. The Morgan fingerprint density at radius 1 is 1.37 bits per heavy atom. The molecule has 1 aromatic heterocycles. The second-order valence-electron chi connectivity index (χ2n) is 4.41. The van der Waals surface area contributed by atoms with E-state index >= 15 is 0 Å². The van der Waals surface area contributed by atoms with Crippen LogP contribution in [0.25, 0.3) is 0 Å². The lowest BCUT2D eigenvalue weighted by molar-refractivity contribution is -0.385. The zero-order valence-electron chi connectivity index (χ0n) is 11.2. The summed E-state index contributed by atoms with van der Waals surface area (Å²) in [4.78, 5) is 10.6. The molecule has 0 fully saturated rings. The van der Waals surface area contributed by atoms with Crippen molar-refractivity contribution in [2.45, 2.75) is 20.4 Å². The van der Waals surface area contributed by atoms with Gasteiger partial charge in [-0.1, -0.05) is 18.2 Å². The molecule has 0 saturated carbocycles. The summed E-state index contributed by atoms with van der Waals surface area (Å²) in [6.45, 7) is 4.28. The number of aromatic nitrogens is 2. The van der Waals surface area contributed by atoms with E-state index in [4.69, 9.17) is 0 Å². The number of hydrogen-bond acceptors (Lipinski definition) is 4. The zero-order chi connectivity index (χ0) is 14.0. The van der Waals surface area contributed by atoms with E-state index in [9.17, 15) is 10.1 Å². The number of para-hydroxylation sites is 1. The zero-order valence-corrected chi connectivity index (χ0v) is 11.2. The van der Waals surface area contributed by atoms with E-state index in [0.717, 1.165) is 17.1 Å². The average Bonchev–Trinajstić information content (AvgIpc) is 2.61. The maximum Gasteiger partial charge on any atom is 0.274 e. The molecule has 0 bridgehead atoms. The minimum atomic E-state index is -0.361. The van der Waals surface area contributed by atoms with Gasteiger partial charge >= 0.3 is 0 Å². The van der Waals surface area contributed by atoms with Crippen LogP contribution in [0.15, 0.2) is 24.3 Å². The first-order valence-corrected chi connectivity index (χ1v) is 5.97. The molecule has 0 radical (unpaired) electrons. The number of anilines is 1. The SMILES string of the molecule is Cc1nn(C)c(C)c1NCc1ccccc1[N+](=O)[O-]. The third-order valence-corrected chi connectivity index (χ3v) is 3.15. The lowest BCUT2D eigenvalue weighted by Crippen LogP contribution is -2.04. The first kappa shape index (κ1) is 13.1. The third kappa shape index (κ3) is 2.57. The summed E-state index contributed by atoms with van der Waals surface area (Å²) >= 11 is 0. The highest BCUT2D eigenvalue weighted by atomic mass is 16.6. The number of nitrogens with zero attached hydrogens (tertiary/aromatic N) is 3. The molecule has 0 spiro atoms.